The Morgan fingerprint density at radius 2 is 2.00 bits per heavy atom. The number of hydrogen-bond donors (Lipinski definition) is 1. The Balaban J connectivity index is 2.13. The molecular weight excluding hydrogens is 209 g/mol. The fraction of sp³-hybridized carbons (Fsp3) is 0.300. The van der Waals surface area contributed by atoms with Gasteiger partial charge in [0.05, 0.1) is 6.54 Å². The Kier molecular flexibility index (Phi) is 3.21. The van der Waals surface area contributed by atoms with Gasteiger partial charge in [-0.3, -0.25) is 0 Å². The van der Waals surface area contributed by atoms with E-state index in [4.69, 9.17) is 5.73 Å². The molecule has 0 aliphatic heterocycles. The summed E-state index contributed by atoms with van der Waals surface area (Å²) in [4.78, 5) is 0. The fourth-order valence-corrected chi connectivity index (χ4v) is 1.43. The molecule has 6 heteroatoms. The van der Waals surface area contributed by atoms with Gasteiger partial charge < -0.3 is 5.73 Å². The smallest absolute Gasteiger partial charge is 0.155 e. The predicted molar refractivity (Wildman–Crippen MR) is 56.1 cm³/mol. The van der Waals surface area contributed by atoms with E-state index in [9.17, 15) is 4.39 Å². The van der Waals surface area contributed by atoms with Crippen molar-refractivity contribution in [3.63, 3.8) is 0 Å². The van der Waals surface area contributed by atoms with Gasteiger partial charge in [-0.1, -0.05) is 12.1 Å². The first kappa shape index (κ1) is 10.7. The average Bonchev–Trinajstić information content (AvgIpc) is 2.70. The molecule has 1 heterocycles. The maximum Gasteiger partial charge on any atom is 0.155 e. The lowest BCUT2D eigenvalue weighted by atomic mass is 10.1. The maximum atomic E-state index is 12.7. The van der Waals surface area contributed by atoms with Crippen LogP contribution in [-0.4, -0.2) is 26.8 Å². The fourth-order valence-electron chi connectivity index (χ4n) is 1.43. The highest BCUT2D eigenvalue weighted by atomic mass is 19.1. The quantitative estimate of drug-likeness (QED) is 0.809. The van der Waals surface area contributed by atoms with Gasteiger partial charge in [0.2, 0.25) is 0 Å². The first-order valence-electron chi connectivity index (χ1n) is 4.99. The number of halogens is 1. The summed E-state index contributed by atoms with van der Waals surface area (Å²) in [5.41, 5.74) is 6.40. The highest BCUT2D eigenvalue weighted by Crippen LogP contribution is 2.07. The summed E-state index contributed by atoms with van der Waals surface area (Å²) < 4.78 is 14.4. The second-order valence-electron chi connectivity index (χ2n) is 3.41. The van der Waals surface area contributed by atoms with E-state index in [-0.39, 0.29) is 5.82 Å². The first-order chi connectivity index (χ1) is 7.79. The lowest BCUT2D eigenvalue weighted by Crippen LogP contribution is -2.14. The second-order valence-corrected chi connectivity index (χ2v) is 3.41. The first-order valence-corrected chi connectivity index (χ1v) is 4.99. The van der Waals surface area contributed by atoms with Gasteiger partial charge in [0.25, 0.3) is 0 Å². The van der Waals surface area contributed by atoms with Gasteiger partial charge in [0.15, 0.2) is 5.82 Å². The van der Waals surface area contributed by atoms with E-state index in [2.05, 4.69) is 15.5 Å². The molecular formula is C10H12FN5. The lowest BCUT2D eigenvalue weighted by molar-refractivity contribution is 0.577. The van der Waals surface area contributed by atoms with Crippen LogP contribution in [0.1, 0.15) is 11.4 Å². The molecule has 2 N–H and O–H groups in total. The number of aromatic nitrogens is 4. The molecule has 5 nitrogen and oxygen atoms in total. The van der Waals surface area contributed by atoms with Crippen molar-refractivity contribution in [3.05, 3.63) is 41.5 Å². The van der Waals surface area contributed by atoms with Crippen molar-refractivity contribution in [2.75, 3.05) is 6.54 Å². The third-order valence-corrected chi connectivity index (χ3v) is 2.22. The number of tetrazole rings is 1. The van der Waals surface area contributed by atoms with Crippen molar-refractivity contribution in [2.24, 2.45) is 5.73 Å². The van der Waals surface area contributed by atoms with Crippen LogP contribution in [0.15, 0.2) is 24.3 Å². The minimum atomic E-state index is -0.245. The van der Waals surface area contributed by atoms with Crippen LogP contribution >= 0.6 is 0 Å². The van der Waals surface area contributed by atoms with E-state index in [1.165, 1.54) is 12.1 Å². The summed E-state index contributed by atoms with van der Waals surface area (Å²) in [5.74, 6) is 0.488. The summed E-state index contributed by atoms with van der Waals surface area (Å²) in [6.07, 6.45) is 0.577. The lowest BCUT2D eigenvalue weighted by Gasteiger charge is -2.02. The zero-order valence-electron chi connectivity index (χ0n) is 8.67. The Bertz CT molecular complexity index is 450. The predicted octanol–water partition coefficient (Wildman–Crippen LogP) is 0.362. The minimum Gasteiger partial charge on any atom is -0.329 e. The van der Waals surface area contributed by atoms with Crippen molar-refractivity contribution >= 4 is 0 Å². The molecule has 16 heavy (non-hydrogen) atoms. The normalized spacial score (nSPS) is 10.6. The van der Waals surface area contributed by atoms with Crippen LogP contribution in [0, 0.1) is 5.82 Å². The average molecular weight is 221 g/mol. The summed E-state index contributed by atoms with van der Waals surface area (Å²) in [6.45, 7) is 1.07. The summed E-state index contributed by atoms with van der Waals surface area (Å²) in [6, 6.07) is 6.28. The number of rotatable bonds is 4. The molecule has 0 spiro atoms. The molecule has 2 aromatic rings. The van der Waals surface area contributed by atoms with Crippen molar-refractivity contribution in [2.45, 2.75) is 13.0 Å². The van der Waals surface area contributed by atoms with E-state index >= 15 is 0 Å². The molecule has 0 saturated heterocycles. The highest BCUT2D eigenvalue weighted by Gasteiger charge is 2.06. The van der Waals surface area contributed by atoms with Crippen LogP contribution < -0.4 is 5.73 Å². The zero-order chi connectivity index (χ0) is 11.4. The van der Waals surface area contributed by atoms with Gasteiger partial charge in [-0.05, 0) is 28.1 Å². The molecule has 0 saturated carbocycles. The molecule has 2 rings (SSSR count). The van der Waals surface area contributed by atoms with Crippen molar-refractivity contribution in [1.29, 1.82) is 0 Å². The Morgan fingerprint density at radius 3 is 2.69 bits per heavy atom. The van der Waals surface area contributed by atoms with E-state index < -0.39 is 0 Å². The van der Waals surface area contributed by atoms with Gasteiger partial charge in [-0.2, -0.15) is 0 Å². The summed E-state index contributed by atoms with van der Waals surface area (Å²) in [5, 5.41) is 11.3. The molecule has 0 aliphatic carbocycles. The van der Waals surface area contributed by atoms with Crippen LogP contribution in [0.3, 0.4) is 0 Å². The molecule has 1 aromatic heterocycles. The maximum absolute atomic E-state index is 12.7. The van der Waals surface area contributed by atoms with Crippen LogP contribution in [-0.2, 0) is 13.0 Å². The number of nitrogens with two attached hydrogens (primary N) is 1. The molecule has 0 fully saturated rings. The van der Waals surface area contributed by atoms with E-state index in [0.717, 1.165) is 11.4 Å². The molecule has 1 aromatic carbocycles. The molecule has 0 unspecified atom stereocenters. The van der Waals surface area contributed by atoms with E-state index in [1.807, 2.05) is 0 Å². The number of hydrogen-bond acceptors (Lipinski definition) is 4. The van der Waals surface area contributed by atoms with E-state index in [0.29, 0.717) is 19.5 Å². The van der Waals surface area contributed by atoms with Gasteiger partial charge >= 0.3 is 0 Å². The van der Waals surface area contributed by atoms with Crippen molar-refractivity contribution in [1.82, 2.24) is 20.2 Å². The van der Waals surface area contributed by atoms with Crippen LogP contribution in [0.2, 0.25) is 0 Å². The van der Waals surface area contributed by atoms with Crippen LogP contribution in [0.25, 0.3) is 0 Å². The Labute approximate surface area is 92.1 Å². The monoisotopic (exact) mass is 221 g/mol. The number of nitrogens with zero attached hydrogens (tertiary/aromatic N) is 4. The Hall–Kier alpha value is -1.82. The summed E-state index contributed by atoms with van der Waals surface area (Å²) in [7, 11) is 0. The largest absolute Gasteiger partial charge is 0.329 e. The standard InChI is InChI=1S/C10H12FN5/c11-9-3-1-8(2-4-9)7-10-13-14-15-16(10)6-5-12/h1-4H,5-7,12H2. The van der Waals surface area contributed by atoms with E-state index in [1.54, 1.807) is 16.8 Å². The SMILES string of the molecule is NCCn1nnnc1Cc1ccc(F)cc1. The van der Waals surface area contributed by atoms with Crippen LogP contribution in [0.4, 0.5) is 4.39 Å². The topological polar surface area (TPSA) is 69.6 Å². The van der Waals surface area contributed by atoms with Gasteiger partial charge in [-0.25, -0.2) is 9.07 Å². The van der Waals surface area contributed by atoms with Crippen LogP contribution in [0.5, 0.6) is 0 Å². The Morgan fingerprint density at radius 1 is 1.25 bits per heavy atom. The highest BCUT2D eigenvalue weighted by molar-refractivity contribution is 5.19. The molecule has 0 amide bonds. The zero-order valence-corrected chi connectivity index (χ0v) is 8.67. The third kappa shape index (κ3) is 2.40. The van der Waals surface area contributed by atoms with Crippen molar-refractivity contribution < 1.29 is 4.39 Å². The second kappa shape index (κ2) is 4.80. The molecule has 84 valence electrons. The molecule has 0 aliphatic rings. The van der Waals surface area contributed by atoms with Gasteiger partial charge in [-0.15, -0.1) is 5.10 Å². The molecule has 0 atom stereocenters. The third-order valence-electron chi connectivity index (χ3n) is 2.22. The van der Waals surface area contributed by atoms with Gasteiger partial charge in [0.1, 0.15) is 5.82 Å². The molecule has 0 bridgehead atoms. The molecule has 0 radical (unpaired) electrons. The minimum absolute atomic E-state index is 0.245. The summed E-state index contributed by atoms with van der Waals surface area (Å²) >= 11 is 0. The van der Waals surface area contributed by atoms with Crippen molar-refractivity contribution in [3.8, 4) is 0 Å². The number of benzene rings is 1. The van der Waals surface area contributed by atoms with Gasteiger partial charge in [0, 0.05) is 13.0 Å².